The second-order valence-electron chi connectivity index (χ2n) is 24.6. The lowest BCUT2D eigenvalue weighted by Crippen LogP contribution is -2.62. The van der Waals surface area contributed by atoms with Crippen LogP contribution in [0.4, 0.5) is 0 Å². The van der Waals surface area contributed by atoms with Gasteiger partial charge in [0.25, 0.3) is 0 Å². The number of fused-ring (bicyclic) bond motifs is 5. The van der Waals surface area contributed by atoms with Gasteiger partial charge in [0.2, 0.25) is 0 Å². The molecule has 12 heteroatoms. The van der Waals surface area contributed by atoms with Crippen molar-refractivity contribution in [2.45, 2.75) is 126 Å². The van der Waals surface area contributed by atoms with Gasteiger partial charge in [0.15, 0.2) is 23.0 Å². The average molecular weight is 1130 g/mol. The Labute approximate surface area is 492 Å². The number of aliphatic hydroxyl groups excluding tert-OH is 2. The summed E-state index contributed by atoms with van der Waals surface area (Å²) in [6.45, 7) is 2.09. The van der Waals surface area contributed by atoms with E-state index in [0.717, 1.165) is 79.2 Å². The number of rotatable bonds is 16. The molecular formula is C72H77NO11. The highest BCUT2D eigenvalue weighted by Gasteiger charge is 2.66. The van der Waals surface area contributed by atoms with E-state index in [1.54, 1.807) is 24.3 Å². The van der Waals surface area contributed by atoms with Crippen LogP contribution >= 0.6 is 0 Å². The summed E-state index contributed by atoms with van der Waals surface area (Å²) < 4.78 is 25.7. The van der Waals surface area contributed by atoms with Gasteiger partial charge in [-0.1, -0.05) is 110 Å². The zero-order valence-electron chi connectivity index (χ0n) is 48.4. The standard InChI is InChI=1S/C72H77NO11/c1-42(74)83-66-37-54(84-70(80)71(25-12-19-50(71)22-23-52(75)28-44-15-9-6-10-16-44)51-21-20-47-29-53(76)35-56(55(47)34-51)46-18-11-17-45(27-46)41-73-2)36-59-57-39-68(82-4)64(78)32-48(57)30-60-63(77)40-61-58-38-65(79)67(81-3)33-49(58)31-62(66)72(61,69(59)60)26-24-43-13-7-5-8-14-43/h5-11,13-18,20-21,24,26-27,29,32-35,38-39,50,52,54,59-63,66,69,73,75-79H,12,19,22-23,25,28,30-31,36-37,40-41H2,1-4H3/b26-24+/t50-,52-,54-,59+,60+,61-,62+,63-,66+,69-,71-,72+/m0/s1. The molecule has 0 amide bonds. The van der Waals surface area contributed by atoms with Crippen molar-refractivity contribution < 1.29 is 54.1 Å². The number of hydrogen-bond acceptors (Lipinski definition) is 12. The Morgan fingerprint density at radius 1 is 0.762 bits per heavy atom. The second-order valence-corrected chi connectivity index (χ2v) is 24.6. The molecule has 5 aliphatic carbocycles. The number of nitrogens with one attached hydrogen (secondary N) is 1. The number of hydrogen-bond donors (Lipinski definition) is 6. The van der Waals surface area contributed by atoms with Crippen molar-refractivity contribution in [2.24, 2.45) is 29.1 Å². The first-order valence-electron chi connectivity index (χ1n) is 30.0. The normalized spacial score (nSPS) is 27.1. The van der Waals surface area contributed by atoms with Crippen LogP contribution in [0.3, 0.4) is 0 Å². The van der Waals surface area contributed by atoms with Crippen LogP contribution in [0.15, 0.2) is 146 Å². The highest BCUT2D eigenvalue weighted by molar-refractivity contribution is 5.99. The molecule has 0 spiro atoms. The molecule has 7 aromatic carbocycles. The topological polar surface area (TPSA) is 184 Å². The Hall–Kier alpha value is -7.64. The molecule has 12 atom stereocenters. The van der Waals surface area contributed by atoms with Crippen LogP contribution in [0, 0.1) is 29.1 Å². The van der Waals surface area contributed by atoms with Crippen LogP contribution < -0.4 is 14.8 Å². The van der Waals surface area contributed by atoms with Crippen molar-refractivity contribution in [1.82, 2.24) is 5.32 Å². The molecule has 7 aromatic rings. The molecule has 5 aliphatic rings. The van der Waals surface area contributed by atoms with Crippen LogP contribution in [-0.4, -0.2) is 83.2 Å². The van der Waals surface area contributed by atoms with E-state index >= 15 is 4.79 Å². The lowest BCUT2D eigenvalue weighted by Gasteiger charge is -2.64. The van der Waals surface area contributed by atoms with Gasteiger partial charge in [0.05, 0.1) is 31.8 Å². The molecule has 84 heavy (non-hydrogen) atoms. The molecule has 0 unspecified atom stereocenters. The number of benzene rings is 7. The first kappa shape index (κ1) is 56.8. The maximum Gasteiger partial charge on any atom is 0.317 e. The average Bonchev–Trinajstić information content (AvgIpc) is 1.65. The number of carbonyl (C=O) groups excluding carboxylic acids is 2. The number of methoxy groups -OCH3 is 2. The molecule has 0 aromatic heterocycles. The van der Waals surface area contributed by atoms with Gasteiger partial charge in [-0.3, -0.25) is 9.59 Å². The molecular weight excluding hydrogens is 1050 g/mol. The third-order valence-corrected chi connectivity index (χ3v) is 20.1. The lowest BCUT2D eigenvalue weighted by atomic mass is 9.40. The van der Waals surface area contributed by atoms with Gasteiger partial charge < -0.3 is 49.8 Å². The van der Waals surface area contributed by atoms with Crippen molar-refractivity contribution in [1.29, 1.82) is 0 Å². The number of carbonyl (C=O) groups is 2. The maximum absolute atomic E-state index is 16.6. The number of esters is 2. The van der Waals surface area contributed by atoms with E-state index in [-0.39, 0.29) is 53.3 Å². The first-order valence-corrected chi connectivity index (χ1v) is 30.0. The van der Waals surface area contributed by atoms with Crippen LogP contribution in [0.1, 0.15) is 115 Å². The Morgan fingerprint density at radius 2 is 1.50 bits per heavy atom. The zero-order valence-corrected chi connectivity index (χ0v) is 48.4. The predicted molar refractivity (Wildman–Crippen MR) is 324 cm³/mol. The van der Waals surface area contributed by atoms with Crippen molar-refractivity contribution in [2.75, 3.05) is 21.3 Å². The summed E-state index contributed by atoms with van der Waals surface area (Å²) in [5.41, 5.74) is 7.29. The van der Waals surface area contributed by atoms with E-state index in [1.807, 2.05) is 92.0 Å². The summed E-state index contributed by atoms with van der Waals surface area (Å²) in [6.07, 6.45) is 6.49. The monoisotopic (exact) mass is 1130 g/mol. The van der Waals surface area contributed by atoms with Gasteiger partial charge in [-0.25, -0.2) is 0 Å². The van der Waals surface area contributed by atoms with Gasteiger partial charge in [0.1, 0.15) is 18.0 Å². The fourth-order valence-corrected chi connectivity index (χ4v) is 16.6. The predicted octanol–water partition coefficient (Wildman–Crippen LogP) is 12.4. The molecule has 0 aliphatic heterocycles. The Bertz CT molecular complexity index is 3600. The summed E-state index contributed by atoms with van der Waals surface area (Å²) >= 11 is 0. The Balaban J connectivity index is 1.03. The van der Waals surface area contributed by atoms with Gasteiger partial charge in [-0.2, -0.15) is 0 Å². The fourth-order valence-electron chi connectivity index (χ4n) is 16.6. The summed E-state index contributed by atoms with van der Waals surface area (Å²) in [5.74, 6) is -2.23. The minimum absolute atomic E-state index is 0.00188. The summed E-state index contributed by atoms with van der Waals surface area (Å²) in [4.78, 5) is 30.5. The minimum Gasteiger partial charge on any atom is -0.508 e. The molecule has 12 rings (SSSR count). The second kappa shape index (κ2) is 23.4. The quantitative estimate of drug-likeness (QED) is 0.0504. The number of allylic oxidation sites excluding steroid dienone is 1. The van der Waals surface area contributed by atoms with Crippen LogP contribution in [0.5, 0.6) is 28.7 Å². The van der Waals surface area contributed by atoms with Crippen molar-refractivity contribution >= 4 is 28.8 Å². The molecule has 436 valence electrons. The molecule has 12 nitrogen and oxygen atoms in total. The van der Waals surface area contributed by atoms with Gasteiger partial charge >= 0.3 is 11.9 Å². The van der Waals surface area contributed by atoms with E-state index in [1.165, 1.54) is 21.1 Å². The smallest absolute Gasteiger partial charge is 0.317 e. The first-order chi connectivity index (χ1) is 40.7. The lowest BCUT2D eigenvalue weighted by molar-refractivity contribution is -0.179. The Kier molecular flexibility index (Phi) is 15.8. The fraction of sp³-hybridized carbons (Fsp3) is 0.389. The van der Waals surface area contributed by atoms with E-state index < -0.39 is 53.1 Å². The molecule has 0 bridgehead atoms. The van der Waals surface area contributed by atoms with Crippen molar-refractivity contribution in [3.63, 3.8) is 0 Å². The van der Waals surface area contributed by atoms with Gasteiger partial charge in [-0.15, -0.1) is 0 Å². The largest absolute Gasteiger partial charge is 0.508 e. The molecule has 0 radical (unpaired) electrons. The number of phenolic OH excluding ortho intramolecular Hbond substituents is 3. The van der Waals surface area contributed by atoms with Gasteiger partial charge in [-0.05, 0) is 209 Å². The van der Waals surface area contributed by atoms with E-state index in [2.05, 4.69) is 47.8 Å². The van der Waals surface area contributed by atoms with E-state index in [4.69, 9.17) is 18.9 Å². The van der Waals surface area contributed by atoms with E-state index in [9.17, 15) is 30.3 Å². The van der Waals surface area contributed by atoms with Crippen LogP contribution in [-0.2, 0) is 50.3 Å². The van der Waals surface area contributed by atoms with Crippen molar-refractivity contribution in [3.05, 3.63) is 190 Å². The summed E-state index contributed by atoms with van der Waals surface area (Å²) in [5, 5.41) is 63.8. The molecule has 0 heterocycles. The zero-order chi connectivity index (χ0) is 58.4. The number of ether oxygens (including phenoxy) is 4. The van der Waals surface area contributed by atoms with Crippen LogP contribution in [0.25, 0.3) is 28.0 Å². The Morgan fingerprint density at radius 3 is 2.26 bits per heavy atom. The number of aromatic hydroxyl groups is 3. The molecule has 3 saturated carbocycles. The van der Waals surface area contributed by atoms with E-state index in [0.29, 0.717) is 69.4 Å². The highest BCUT2D eigenvalue weighted by atomic mass is 16.6. The SMILES string of the molecule is CNCc1cccc(-c2cc(O)cc3ccc([C@]4(C(=O)O[C@H]5C[C@@H]6c7cc(OC)c(O)cc7C[C@H]7[C@H]6[C@@]6(/C=C/c8ccccc8)[C@H](Cc8cc(OC)c(O)cc8[C@@H]6C[C@@H]7O)[C@H](OC(C)=O)C5)CCC[C@H]4CC[C@H](O)Cc4ccccc4)cc23)c1. The molecule has 0 saturated heterocycles. The third kappa shape index (κ3) is 10.4. The van der Waals surface area contributed by atoms with Crippen LogP contribution in [0.2, 0.25) is 0 Å². The number of aliphatic hydroxyl groups is 2. The molecule has 3 fully saturated rings. The number of phenols is 3. The third-order valence-electron chi connectivity index (χ3n) is 20.1. The molecule has 6 N–H and O–H groups in total. The minimum atomic E-state index is -1.18. The summed E-state index contributed by atoms with van der Waals surface area (Å²) in [6, 6.07) is 45.4. The van der Waals surface area contributed by atoms with Gasteiger partial charge in [0, 0.05) is 31.2 Å². The highest BCUT2D eigenvalue weighted by Crippen LogP contribution is 2.70. The van der Waals surface area contributed by atoms with Crippen molar-refractivity contribution in [3.8, 4) is 39.9 Å². The summed E-state index contributed by atoms with van der Waals surface area (Å²) in [7, 11) is 4.98. The maximum atomic E-state index is 16.6.